The van der Waals surface area contributed by atoms with E-state index in [2.05, 4.69) is 19.6 Å². The second-order valence-corrected chi connectivity index (χ2v) is 3.73. The van der Waals surface area contributed by atoms with Crippen molar-refractivity contribution in [3.8, 4) is 0 Å². The van der Waals surface area contributed by atoms with Crippen LogP contribution in [0.5, 0.6) is 0 Å². The van der Waals surface area contributed by atoms with Crippen LogP contribution in [0, 0.1) is 11.8 Å². The normalized spacial score (nSPS) is 20.8. The van der Waals surface area contributed by atoms with Gasteiger partial charge in [0.2, 0.25) is 0 Å². The number of hydrogen-bond acceptors (Lipinski definition) is 0. The van der Waals surface area contributed by atoms with E-state index < -0.39 is 0 Å². The lowest BCUT2D eigenvalue weighted by molar-refractivity contribution is 0.191. The highest BCUT2D eigenvalue weighted by atomic mass is 14.3. The van der Waals surface area contributed by atoms with E-state index in [1.165, 1.54) is 38.5 Å². The van der Waals surface area contributed by atoms with Crippen molar-refractivity contribution in [2.75, 3.05) is 0 Å². The lowest BCUT2D eigenvalue weighted by atomic mass is 9.73. The highest BCUT2D eigenvalue weighted by Gasteiger charge is 2.24. The summed E-state index contributed by atoms with van der Waals surface area (Å²) in [6.45, 7) is 6.10. The number of hydrogen-bond donors (Lipinski definition) is 0. The summed E-state index contributed by atoms with van der Waals surface area (Å²) >= 11 is 0. The van der Waals surface area contributed by atoms with E-state index in [1.807, 2.05) is 0 Å². The minimum Gasteiger partial charge on any atom is -0.103 e. The zero-order valence-electron chi connectivity index (χ0n) is 7.68. The fraction of sp³-hybridized carbons (Fsp3) is 0.818. The molecule has 64 valence electrons. The Morgan fingerprint density at radius 3 is 2.64 bits per heavy atom. The molecule has 11 heavy (non-hydrogen) atoms. The van der Waals surface area contributed by atoms with Crippen molar-refractivity contribution >= 4 is 0 Å². The summed E-state index contributed by atoms with van der Waals surface area (Å²) in [5.41, 5.74) is 0. The molecule has 0 bridgehead atoms. The van der Waals surface area contributed by atoms with E-state index >= 15 is 0 Å². The van der Waals surface area contributed by atoms with Gasteiger partial charge in [0.15, 0.2) is 0 Å². The first kappa shape index (κ1) is 8.83. The molecule has 0 N–H and O–H groups in total. The van der Waals surface area contributed by atoms with Crippen molar-refractivity contribution in [3.05, 3.63) is 12.7 Å². The van der Waals surface area contributed by atoms with Gasteiger partial charge >= 0.3 is 0 Å². The fourth-order valence-corrected chi connectivity index (χ4v) is 2.02. The zero-order valence-corrected chi connectivity index (χ0v) is 7.68. The van der Waals surface area contributed by atoms with Crippen LogP contribution in [0.4, 0.5) is 0 Å². The molecular formula is C11H20. The van der Waals surface area contributed by atoms with Crippen molar-refractivity contribution in [1.29, 1.82) is 0 Å². The Hall–Kier alpha value is -0.260. The van der Waals surface area contributed by atoms with Crippen LogP contribution in [0.1, 0.15) is 45.4 Å². The Morgan fingerprint density at radius 1 is 1.55 bits per heavy atom. The molecule has 1 aliphatic carbocycles. The van der Waals surface area contributed by atoms with E-state index in [1.54, 1.807) is 0 Å². The first-order valence-electron chi connectivity index (χ1n) is 4.99. The van der Waals surface area contributed by atoms with Crippen molar-refractivity contribution in [2.24, 2.45) is 11.8 Å². The minimum atomic E-state index is 1.00. The first-order valence-corrected chi connectivity index (χ1v) is 4.99. The van der Waals surface area contributed by atoms with E-state index in [9.17, 15) is 0 Å². The molecule has 0 aliphatic heterocycles. The van der Waals surface area contributed by atoms with Crippen molar-refractivity contribution in [1.82, 2.24) is 0 Å². The van der Waals surface area contributed by atoms with Crippen LogP contribution < -0.4 is 0 Å². The molecule has 0 saturated heterocycles. The molecule has 0 heterocycles. The molecule has 0 aromatic rings. The molecule has 0 aromatic heterocycles. The van der Waals surface area contributed by atoms with Gasteiger partial charge in [-0.25, -0.2) is 0 Å². The van der Waals surface area contributed by atoms with Gasteiger partial charge in [-0.2, -0.15) is 0 Å². The van der Waals surface area contributed by atoms with Crippen LogP contribution in [0.3, 0.4) is 0 Å². The van der Waals surface area contributed by atoms with Gasteiger partial charge < -0.3 is 0 Å². The third-order valence-corrected chi connectivity index (χ3v) is 3.08. The molecule has 0 radical (unpaired) electrons. The molecule has 1 fully saturated rings. The molecule has 0 nitrogen and oxygen atoms in total. The quantitative estimate of drug-likeness (QED) is 0.526. The van der Waals surface area contributed by atoms with Gasteiger partial charge in [-0.15, -0.1) is 6.58 Å². The lowest BCUT2D eigenvalue weighted by Gasteiger charge is -2.33. The summed E-state index contributed by atoms with van der Waals surface area (Å²) in [5.74, 6) is 2.07. The summed E-state index contributed by atoms with van der Waals surface area (Å²) in [6.07, 6.45) is 10.5. The van der Waals surface area contributed by atoms with E-state index in [0.29, 0.717) is 0 Å². The largest absolute Gasteiger partial charge is 0.103 e. The van der Waals surface area contributed by atoms with Gasteiger partial charge in [-0.3, -0.25) is 0 Å². The molecule has 1 saturated carbocycles. The molecular weight excluding hydrogens is 132 g/mol. The van der Waals surface area contributed by atoms with Gasteiger partial charge in [0.1, 0.15) is 0 Å². The smallest absolute Gasteiger partial charge is 0.0351 e. The number of rotatable bonds is 5. The van der Waals surface area contributed by atoms with Gasteiger partial charge in [-0.1, -0.05) is 38.7 Å². The third kappa shape index (κ3) is 2.36. The summed E-state index contributed by atoms with van der Waals surface area (Å²) < 4.78 is 0. The predicted octanol–water partition coefficient (Wildman–Crippen LogP) is 3.78. The van der Waals surface area contributed by atoms with Gasteiger partial charge in [-0.05, 0) is 24.7 Å². The predicted molar refractivity (Wildman–Crippen MR) is 50.6 cm³/mol. The standard InChI is InChI=1S/C11H20/c1-3-5-7-10(4-2)11-8-6-9-11/h3,10-11H,1,4-9H2,2H3. The zero-order chi connectivity index (χ0) is 8.10. The average Bonchev–Trinajstić information content (AvgIpc) is 1.93. The van der Waals surface area contributed by atoms with E-state index in [0.717, 1.165) is 11.8 Å². The highest BCUT2D eigenvalue weighted by molar-refractivity contribution is 4.79. The average molecular weight is 152 g/mol. The first-order chi connectivity index (χ1) is 5.38. The van der Waals surface area contributed by atoms with Crippen LogP contribution in [-0.2, 0) is 0 Å². The van der Waals surface area contributed by atoms with Crippen LogP contribution in [0.25, 0.3) is 0 Å². The lowest BCUT2D eigenvalue weighted by Crippen LogP contribution is -2.21. The second-order valence-electron chi connectivity index (χ2n) is 3.73. The fourth-order valence-electron chi connectivity index (χ4n) is 2.02. The Bertz CT molecular complexity index is 111. The van der Waals surface area contributed by atoms with Gasteiger partial charge in [0, 0.05) is 0 Å². The molecule has 1 aliphatic rings. The molecule has 0 amide bonds. The van der Waals surface area contributed by atoms with Crippen LogP contribution in [0.2, 0.25) is 0 Å². The molecule has 1 unspecified atom stereocenters. The Morgan fingerprint density at radius 2 is 2.27 bits per heavy atom. The summed E-state index contributed by atoms with van der Waals surface area (Å²) in [5, 5.41) is 0. The molecule has 1 rings (SSSR count). The number of allylic oxidation sites excluding steroid dienone is 1. The highest BCUT2D eigenvalue weighted by Crippen LogP contribution is 2.37. The van der Waals surface area contributed by atoms with Crippen molar-refractivity contribution in [3.63, 3.8) is 0 Å². The van der Waals surface area contributed by atoms with E-state index in [4.69, 9.17) is 0 Å². The Labute approximate surface area is 70.7 Å². The molecule has 0 heteroatoms. The van der Waals surface area contributed by atoms with E-state index in [-0.39, 0.29) is 0 Å². The molecule has 0 spiro atoms. The molecule has 1 atom stereocenters. The summed E-state index contributed by atoms with van der Waals surface area (Å²) in [6, 6.07) is 0. The van der Waals surface area contributed by atoms with Crippen molar-refractivity contribution < 1.29 is 0 Å². The maximum Gasteiger partial charge on any atom is -0.0351 e. The van der Waals surface area contributed by atoms with Gasteiger partial charge in [0.25, 0.3) is 0 Å². The topological polar surface area (TPSA) is 0 Å². The van der Waals surface area contributed by atoms with Crippen LogP contribution in [0.15, 0.2) is 12.7 Å². The monoisotopic (exact) mass is 152 g/mol. The Balaban J connectivity index is 2.17. The van der Waals surface area contributed by atoms with Gasteiger partial charge in [0.05, 0.1) is 0 Å². The summed E-state index contributed by atoms with van der Waals surface area (Å²) in [7, 11) is 0. The maximum atomic E-state index is 3.77. The maximum absolute atomic E-state index is 3.77. The second kappa shape index (κ2) is 4.58. The Kier molecular flexibility index (Phi) is 3.68. The minimum absolute atomic E-state index is 1.00. The van der Waals surface area contributed by atoms with Crippen LogP contribution in [-0.4, -0.2) is 0 Å². The summed E-state index contributed by atoms with van der Waals surface area (Å²) in [4.78, 5) is 0. The molecule has 0 aromatic carbocycles. The van der Waals surface area contributed by atoms with Crippen molar-refractivity contribution in [2.45, 2.75) is 45.4 Å². The SMILES string of the molecule is C=CCCC(CC)C1CCC1. The third-order valence-electron chi connectivity index (χ3n) is 3.08. The van der Waals surface area contributed by atoms with Crippen LogP contribution >= 0.6 is 0 Å².